The van der Waals surface area contributed by atoms with Gasteiger partial charge in [0.15, 0.2) is 0 Å². The summed E-state index contributed by atoms with van der Waals surface area (Å²) in [5.74, 6) is -0.281. The van der Waals surface area contributed by atoms with Crippen LogP contribution in [0.5, 0.6) is 0 Å². The maximum atomic E-state index is 12.1. The lowest BCUT2D eigenvalue weighted by molar-refractivity contribution is -0.163. The number of carbonyl (C=O) groups is 2. The third-order valence-electron chi connectivity index (χ3n) is 2.92. The van der Waals surface area contributed by atoms with E-state index in [1.165, 1.54) is 0 Å². The minimum atomic E-state index is -0.479. The van der Waals surface area contributed by atoms with Gasteiger partial charge in [-0.05, 0) is 40.2 Å². The molecule has 0 aromatic rings. The minimum Gasteiger partial charge on any atom is -0.459 e. The molecule has 1 fully saturated rings. The van der Waals surface area contributed by atoms with Crippen molar-refractivity contribution in [1.29, 1.82) is 0 Å². The number of nitrogens with zero attached hydrogens (tertiary/aromatic N) is 1. The highest BCUT2D eigenvalue weighted by Crippen LogP contribution is 2.20. The molecule has 0 aromatic heterocycles. The Morgan fingerprint density at radius 1 is 1.33 bits per heavy atom. The topological polar surface area (TPSA) is 58.6 Å². The first-order valence-electron chi connectivity index (χ1n) is 6.51. The molecule has 1 aliphatic rings. The van der Waals surface area contributed by atoms with Crippen LogP contribution >= 0.6 is 0 Å². The Labute approximate surface area is 109 Å². The molecule has 1 aliphatic heterocycles. The molecular formula is C13H24N2O3. The molecule has 0 bridgehead atoms. The van der Waals surface area contributed by atoms with Gasteiger partial charge in [-0.2, -0.15) is 0 Å². The van der Waals surface area contributed by atoms with Crippen molar-refractivity contribution < 1.29 is 14.3 Å². The van der Waals surface area contributed by atoms with Crippen LogP contribution in [0, 0.1) is 0 Å². The Kier molecular flexibility index (Phi) is 5.14. The second-order valence-corrected chi connectivity index (χ2v) is 5.69. The van der Waals surface area contributed by atoms with Crippen molar-refractivity contribution in [3.05, 3.63) is 0 Å². The van der Waals surface area contributed by atoms with Gasteiger partial charge in [-0.3, -0.25) is 14.5 Å². The van der Waals surface area contributed by atoms with Crippen LogP contribution in [0.1, 0.15) is 40.0 Å². The number of piperidine rings is 1. The van der Waals surface area contributed by atoms with E-state index in [0.29, 0.717) is 0 Å². The number of ether oxygens (including phenoxy) is 1. The van der Waals surface area contributed by atoms with Gasteiger partial charge in [0.05, 0.1) is 6.54 Å². The molecule has 1 saturated heterocycles. The summed E-state index contributed by atoms with van der Waals surface area (Å²) in [5, 5.41) is 2.59. The zero-order valence-corrected chi connectivity index (χ0v) is 11.8. The largest absolute Gasteiger partial charge is 0.459 e. The molecule has 1 heterocycles. The summed E-state index contributed by atoms with van der Waals surface area (Å²) in [5.41, 5.74) is -0.479. The number of likely N-dealkylation sites (N-methyl/N-ethyl adjacent to an activating group) is 1. The maximum absolute atomic E-state index is 12.1. The van der Waals surface area contributed by atoms with Crippen LogP contribution in [0.3, 0.4) is 0 Å². The standard InChI is InChI=1S/C13H24N2O3/c1-13(2,3)18-12(17)10-7-5-6-8-15(10)9-11(16)14-4/h10H,5-9H2,1-4H3,(H,14,16). The first kappa shape index (κ1) is 15.0. The smallest absolute Gasteiger partial charge is 0.323 e. The second-order valence-electron chi connectivity index (χ2n) is 5.69. The van der Waals surface area contributed by atoms with Gasteiger partial charge < -0.3 is 10.1 Å². The van der Waals surface area contributed by atoms with Gasteiger partial charge in [0, 0.05) is 7.05 Å². The van der Waals surface area contributed by atoms with Crippen LogP contribution < -0.4 is 5.32 Å². The van der Waals surface area contributed by atoms with Crippen LogP contribution in [-0.4, -0.2) is 48.6 Å². The van der Waals surface area contributed by atoms with E-state index in [1.807, 2.05) is 25.7 Å². The summed E-state index contributed by atoms with van der Waals surface area (Å²) in [6.07, 6.45) is 2.80. The van der Waals surface area contributed by atoms with Gasteiger partial charge in [0.2, 0.25) is 5.91 Å². The molecule has 0 radical (unpaired) electrons. The molecule has 0 spiro atoms. The van der Waals surface area contributed by atoms with E-state index in [-0.39, 0.29) is 24.5 Å². The first-order chi connectivity index (χ1) is 8.33. The molecule has 18 heavy (non-hydrogen) atoms. The number of amides is 1. The quantitative estimate of drug-likeness (QED) is 0.763. The first-order valence-corrected chi connectivity index (χ1v) is 6.51. The van der Waals surface area contributed by atoms with Crippen molar-refractivity contribution in [2.75, 3.05) is 20.1 Å². The summed E-state index contributed by atoms with van der Waals surface area (Å²) >= 11 is 0. The molecule has 1 unspecified atom stereocenters. The molecule has 1 amide bonds. The highest BCUT2D eigenvalue weighted by molar-refractivity contribution is 5.80. The highest BCUT2D eigenvalue weighted by atomic mass is 16.6. The Morgan fingerprint density at radius 2 is 2.00 bits per heavy atom. The third-order valence-corrected chi connectivity index (χ3v) is 2.92. The Bertz CT molecular complexity index is 310. The van der Waals surface area contributed by atoms with Crippen LogP contribution in [0.2, 0.25) is 0 Å². The lowest BCUT2D eigenvalue weighted by atomic mass is 10.0. The zero-order valence-electron chi connectivity index (χ0n) is 11.8. The van der Waals surface area contributed by atoms with E-state index in [9.17, 15) is 9.59 Å². The third kappa shape index (κ3) is 4.64. The molecular weight excluding hydrogens is 232 g/mol. The van der Waals surface area contributed by atoms with E-state index in [1.54, 1.807) is 7.05 Å². The van der Waals surface area contributed by atoms with Crippen LogP contribution in [0.15, 0.2) is 0 Å². The molecule has 5 heteroatoms. The SMILES string of the molecule is CNC(=O)CN1CCCCC1C(=O)OC(C)(C)C. The Hall–Kier alpha value is -1.10. The normalized spacial score (nSPS) is 21.4. The minimum absolute atomic E-state index is 0.0644. The molecule has 1 atom stereocenters. The van der Waals surface area contributed by atoms with E-state index in [0.717, 1.165) is 25.8 Å². The van der Waals surface area contributed by atoms with Gasteiger partial charge in [-0.1, -0.05) is 6.42 Å². The predicted molar refractivity (Wildman–Crippen MR) is 69.1 cm³/mol. The average Bonchev–Trinajstić information content (AvgIpc) is 2.27. The summed E-state index contributed by atoms with van der Waals surface area (Å²) in [6.45, 7) is 6.61. The van der Waals surface area contributed by atoms with Crippen molar-refractivity contribution in [2.45, 2.75) is 51.7 Å². The Balaban J connectivity index is 2.64. The van der Waals surface area contributed by atoms with Crippen LogP contribution in [-0.2, 0) is 14.3 Å². The van der Waals surface area contributed by atoms with E-state index >= 15 is 0 Å². The van der Waals surface area contributed by atoms with Gasteiger partial charge in [-0.15, -0.1) is 0 Å². The predicted octanol–water partition coefficient (Wildman–Crippen LogP) is 0.929. The van der Waals surface area contributed by atoms with Crippen molar-refractivity contribution >= 4 is 11.9 Å². The summed E-state index contributed by atoms with van der Waals surface area (Å²) < 4.78 is 5.41. The number of hydrogen-bond donors (Lipinski definition) is 1. The van der Waals surface area contributed by atoms with Gasteiger partial charge >= 0.3 is 5.97 Å². The molecule has 0 aromatic carbocycles. The van der Waals surface area contributed by atoms with E-state index in [2.05, 4.69) is 5.32 Å². The van der Waals surface area contributed by atoms with Gasteiger partial charge in [-0.25, -0.2) is 0 Å². The summed E-state index contributed by atoms with van der Waals surface area (Å²) in [7, 11) is 1.61. The average molecular weight is 256 g/mol. The number of hydrogen-bond acceptors (Lipinski definition) is 4. The summed E-state index contributed by atoms with van der Waals surface area (Å²) in [6, 6.07) is -0.282. The molecule has 0 saturated carbocycles. The number of nitrogens with one attached hydrogen (secondary N) is 1. The maximum Gasteiger partial charge on any atom is 0.323 e. The van der Waals surface area contributed by atoms with Crippen molar-refractivity contribution in [3.63, 3.8) is 0 Å². The highest BCUT2D eigenvalue weighted by Gasteiger charge is 2.33. The van der Waals surface area contributed by atoms with Gasteiger partial charge in [0.25, 0.3) is 0 Å². The molecule has 1 N–H and O–H groups in total. The molecule has 0 aliphatic carbocycles. The lowest BCUT2D eigenvalue weighted by Crippen LogP contribution is -2.50. The number of likely N-dealkylation sites (tertiary alicyclic amines) is 1. The fourth-order valence-electron chi connectivity index (χ4n) is 2.08. The monoisotopic (exact) mass is 256 g/mol. The fourth-order valence-corrected chi connectivity index (χ4v) is 2.08. The fraction of sp³-hybridized carbons (Fsp3) is 0.846. The van der Waals surface area contributed by atoms with Crippen LogP contribution in [0.4, 0.5) is 0 Å². The number of esters is 1. The second kappa shape index (κ2) is 6.18. The van der Waals surface area contributed by atoms with E-state index in [4.69, 9.17) is 4.74 Å². The van der Waals surface area contributed by atoms with Crippen LogP contribution in [0.25, 0.3) is 0 Å². The summed E-state index contributed by atoms with van der Waals surface area (Å²) in [4.78, 5) is 25.4. The molecule has 5 nitrogen and oxygen atoms in total. The van der Waals surface area contributed by atoms with Crippen molar-refractivity contribution in [2.24, 2.45) is 0 Å². The number of rotatable bonds is 3. The van der Waals surface area contributed by atoms with Crippen molar-refractivity contribution in [1.82, 2.24) is 10.2 Å². The lowest BCUT2D eigenvalue weighted by Gasteiger charge is -2.35. The molecule has 104 valence electrons. The van der Waals surface area contributed by atoms with Crippen molar-refractivity contribution in [3.8, 4) is 0 Å². The molecule has 1 rings (SSSR count). The van der Waals surface area contributed by atoms with E-state index < -0.39 is 5.60 Å². The zero-order chi connectivity index (χ0) is 13.8. The Morgan fingerprint density at radius 3 is 2.56 bits per heavy atom. The number of carbonyl (C=O) groups excluding carboxylic acids is 2. The van der Waals surface area contributed by atoms with Gasteiger partial charge in [0.1, 0.15) is 11.6 Å².